The molecule has 0 radical (unpaired) electrons. The van der Waals surface area contributed by atoms with E-state index in [4.69, 9.17) is 18.9 Å². The van der Waals surface area contributed by atoms with E-state index in [2.05, 4.69) is 11.9 Å². The molecule has 0 aliphatic carbocycles. The maximum atomic E-state index is 13.1. The Hall–Kier alpha value is -4.27. The maximum Gasteiger partial charge on any atom is 0.407 e. The fourth-order valence-electron chi connectivity index (χ4n) is 4.79. The van der Waals surface area contributed by atoms with Crippen LogP contribution in [0, 0.1) is 0 Å². The number of rotatable bonds is 18. The van der Waals surface area contributed by atoms with E-state index in [-0.39, 0.29) is 33.0 Å². The normalized spacial score (nSPS) is 13.8. The Bertz CT molecular complexity index is 1350. The lowest BCUT2D eigenvalue weighted by atomic mass is 9.97. The van der Waals surface area contributed by atoms with Crippen molar-refractivity contribution in [3.8, 4) is 0 Å². The van der Waals surface area contributed by atoms with E-state index >= 15 is 0 Å². The van der Waals surface area contributed by atoms with Crippen LogP contribution in [-0.2, 0) is 45.4 Å². The van der Waals surface area contributed by atoms with Crippen molar-refractivity contribution in [3.05, 3.63) is 156 Å². The number of carbonyl (C=O) groups excluding carboxylic acids is 1. The second kappa shape index (κ2) is 18.4. The third-order valence-electron chi connectivity index (χ3n) is 7.08. The van der Waals surface area contributed by atoms with Crippen LogP contribution >= 0.6 is 0 Å². The summed E-state index contributed by atoms with van der Waals surface area (Å²) in [7, 11) is 0. The van der Waals surface area contributed by atoms with E-state index in [9.17, 15) is 9.90 Å². The van der Waals surface area contributed by atoms with Gasteiger partial charge in [-0.05, 0) is 28.7 Å². The van der Waals surface area contributed by atoms with Gasteiger partial charge in [-0.1, -0.05) is 127 Å². The summed E-state index contributed by atoms with van der Waals surface area (Å²) < 4.78 is 24.9. The fourth-order valence-corrected chi connectivity index (χ4v) is 4.79. The predicted octanol–water partition coefficient (Wildman–Crippen LogP) is 6.61. The Labute approximate surface area is 260 Å². The summed E-state index contributed by atoms with van der Waals surface area (Å²) in [5.74, 6) is 0. The highest BCUT2D eigenvalue weighted by molar-refractivity contribution is 5.67. The summed E-state index contributed by atoms with van der Waals surface area (Å²) in [6, 6.07) is 38.1. The third-order valence-corrected chi connectivity index (χ3v) is 7.08. The molecule has 0 aliphatic heterocycles. The zero-order valence-corrected chi connectivity index (χ0v) is 24.9. The molecule has 4 atom stereocenters. The highest BCUT2D eigenvalue weighted by Gasteiger charge is 2.38. The molecule has 4 aromatic carbocycles. The summed E-state index contributed by atoms with van der Waals surface area (Å²) >= 11 is 0. The molecule has 4 rings (SSSR count). The molecular formula is C37H41NO6. The van der Waals surface area contributed by atoms with Crippen LogP contribution in [0.5, 0.6) is 0 Å². The first-order chi connectivity index (χ1) is 21.7. The summed E-state index contributed by atoms with van der Waals surface area (Å²) in [5, 5.41) is 13.6. The number of aliphatic hydroxyl groups excluding tert-OH is 1. The molecule has 0 spiro atoms. The zero-order valence-electron chi connectivity index (χ0n) is 24.9. The first-order valence-corrected chi connectivity index (χ1v) is 14.8. The van der Waals surface area contributed by atoms with Gasteiger partial charge in [0.25, 0.3) is 0 Å². The summed E-state index contributed by atoms with van der Waals surface area (Å²) in [5.41, 5.74) is 3.74. The Kier molecular flexibility index (Phi) is 13.7. The van der Waals surface area contributed by atoms with Gasteiger partial charge >= 0.3 is 6.09 Å². The molecule has 4 aromatic rings. The number of alkyl carbamates (subject to hydrolysis) is 1. The Morgan fingerprint density at radius 3 is 1.48 bits per heavy atom. The van der Waals surface area contributed by atoms with Crippen molar-refractivity contribution in [2.75, 3.05) is 6.61 Å². The van der Waals surface area contributed by atoms with Gasteiger partial charge in [0.1, 0.15) is 24.9 Å². The Morgan fingerprint density at radius 1 is 0.636 bits per heavy atom. The van der Waals surface area contributed by atoms with Gasteiger partial charge < -0.3 is 29.4 Å². The van der Waals surface area contributed by atoms with Crippen molar-refractivity contribution < 1.29 is 28.8 Å². The van der Waals surface area contributed by atoms with Crippen LogP contribution in [0.1, 0.15) is 28.7 Å². The van der Waals surface area contributed by atoms with Gasteiger partial charge in [-0.2, -0.15) is 0 Å². The van der Waals surface area contributed by atoms with Crippen molar-refractivity contribution in [3.63, 3.8) is 0 Å². The fraction of sp³-hybridized carbons (Fsp3) is 0.270. The monoisotopic (exact) mass is 595 g/mol. The number of carbonyl (C=O) groups is 1. The maximum absolute atomic E-state index is 13.1. The van der Waals surface area contributed by atoms with E-state index < -0.39 is 30.4 Å². The van der Waals surface area contributed by atoms with Gasteiger partial charge in [-0.15, -0.1) is 6.58 Å². The summed E-state index contributed by atoms with van der Waals surface area (Å²) in [6.07, 6.45) is -0.799. The average molecular weight is 596 g/mol. The number of hydrogen-bond donors (Lipinski definition) is 2. The largest absolute Gasteiger partial charge is 0.445 e. The smallest absolute Gasteiger partial charge is 0.407 e. The van der Waals surface area contributed by atoms with Crippen LogP contribution in [0.3, 0.4) is 0 Å². The van der Waals surface area contributed by atoms with E-state index in [1.165, 1.54) is 0 Å². The topological polar surface area (TPSA) is 86.3 Å². The number of aliphatic hydroxyl groups is 1. The molecule has 0 unspecified atom stereocenters. The number of benzene rings is 4. The minimum atomic E-state index is -0.771. The van der Waals surface area contributed by atoms with Crippen LogP contribution < -0.4 is 5.32 Å². The first kappa shape index (κ1) is 32.6. The molecule has 0 fully saturated rings. The minimum absolute atomic E-state index is 0.121. The average Bonchev–Trinajstić information content (AvgIpc) is 3.08. The molecule has 0 bridgehead atoms. The standard InChI is InChI=1S/C37H41NO6/c1-2-15-33(38-37(40)44-28-32-22-13-6-14-23-32)35(42-26-30-18-9-4-10-19-30)36(43-27-31-20-11-5-12-21-31)34(24-39)41-25-29-16-7-3-8-17-29/h2-14,16-23,33-36,39H,1,15,24-28H2,(H,38,40)/t33-,34-,35+,36+/m1/s1. The second-order valence-electron chi connectivity index (χ2n) is 10.4. The van der Waals surface area contributed by atoms with Gasteiger partial charge in [0.05, 0.1) is 32.5 Å². The molecule has 0 aromatic heterocycles. The molecule has 1 amide bonds. The van der Waals surface area contributed by atoms with Crippen LogP contribution in [0.25, 0.3) is 0 Å². The molecule has 7 heteroatoms. The van der Waals surface area contributed by atoms with Crippen LogP contribution in [0.2, 0.25) is 0 Å². The molecule has 2 N–H and O–H groups in total. The molecule has 230 valence electrons. The molecule has 7 nitrogen and oxygen atoms in total. The van der Waals surface area contributed by atoms with Gasteiger partial charge in [-0.25, -0.2) is 4.79 Å². The number of ether oxygens (including phenoxy) is 4. The molecule has 0 aliphatic rings. The molecular weight excluding hydrogens is 554 g/mol. The van der Waals surface area contributed by atoms with Crippen molar-refractivity contribution in [2.45, 2.75) is 57.2 Å². The lowest BCUT2D eigenvalue weighted by molar-refractivity contribution is -0.168. The SMILES string of the molecule is C=CC[C@@H](NC(=O)OCc1ccccc1)[C@H](OCc1ccccc1)[C@@H](OCc1ccccc1)[C@@H](CO)OCc1ccccc1. The summed E-state index contributed by atoms with van der Waals surface area (Å²) in [4.78, 5) is 13.1. The predicted molar refractivity (Wildman–Crippen MR) is 171 cm³/mol. The highest BCUT2D eigenvalue weighted by atomic mass is 16.6. The number of hydrogen-bond acceptors (Lipinski definition) is 6. The van der Waals surface area contributed by atoms with Crippen molar-refractivity contribution in [1.29, 1.82) is 0 Å². The van der Waals surface area contributed by atoms with Crippen LogP contribution in [0.15, 0.2) is 134 Å². The van der Waals surface area contributed by atoms with E-state index in [0.717, 1.165) is 22.3 Å². The van der Waals surface area contributed by atoms with Crippen molar-refractivity contribution >= 4 is 6.09 Å². The molecule has 44 heavy (non-hydrogen) atoms. The molecule has 0 saturated heterocycles. The highest BCUT2D eigenvalue weighted by Crippen LogP contribution is 2.23. The zero-order chi connectivity index (χ0) is 30.8. The Morgan fingerprint density at radius 2 is 1.05 bits per heavy atom. The second-order valence-corrected chi connectivity index (χ2v) is 10.4. The van der Waals surface area contributed by atoms with Crippen LogP contribution in [-0.4, -0.2) is 42.2 Å². The van der Waals surface area contributed by atoms with Crippen molar-refractivity contribution in [1.82, 2.24) is 5.32 Å². The number of nitrogens with one attached hydrogen (secondary N) is 1. The first-order valence-electron chi connectivity index (χ1n) is 14.8. The van der Waals surface area contributed by atoms with E-state index in [0.29, 0.717) is 6.42 Å². The molecule has 0 saturated carbocycles. The van der Waals surface area contributed by atoms with E-state index in [1.54, 1.807) is 6.08 Å². The third kappa shape index (κ3) is 10.8. The van der Waals surface area contributed by atoms with Gasteiger partial charge in [0.15, 0.2) is 0 Å². The number of amides is 1. The van der Waals surface area contributed by atoms with Gasteiger partial charge in [0.2, 0.25) is 0 Å². The Balaban J connectivity index is 1.60. The van der Waals surface area contributed by atoms with Crippen molar-refractivity contribution in [2.24, 2.45) is 0 Å². The van der Waals surface area contributed by atoms with Gasteiger partial charge in [-0.3, -0.25) is 0 Å². The van der Waals surface area contributed by atoms with E-state index in [1.807, 2.05) is 121 Å². The minimum Gasteiger partial charge on any atom is -0.445 e. The quantitative estimate of drug-likeness (QED) is 0.126. The lowest BCUT2D eigenvalue weighted by Gasteiger charge is -2.37. The van der Waals surface area contributed by atoms with Gasteiger partial charge in [0, 0.05) is 0 Å². The molecule has 0 heterocycles. The lowest BCUT2D eigenvalue weighted by Crippen LogP contribution is -2.55. The van der Waals surface area contributed by atoms with Crippen LogP contribution in [0.4, 0.5) is 4.79 Å². The summed E-state index contributed by atoms with van der Waals surface area (Å²) in [6.45, 7) is 4.49.